The second-order valence-corrected chi connectivity index (χ2v) is 2.10. The van der Waals surface area contributed by atoms with Crippen LogP contribution < -0.4 is 0 Å². The molecule has 2 nitrogen and oxygen atoms in total. The van der Waals surface area contributed by atoms with Crippen molar-refractivity contribution in [2.24, 2.45) is 0 Å². The molecular weight excluding hydrogens is 138 g/mol. The van der Waals surface area contributed by atoms with Crippen molar-refractivity contribution >= 4 is 5.91 Å². The van der Waals surface area contributed by atoms with E-state index in [4.69, 9.17) is 0 Å². The van der Waals surface area contributed by atoms with Crippen LogP contribution in [0.4, 0.5) is 0 Å². The molecule has 2 heteroatoms. The van der Waals surface area contributed by atoms with Gasteiger partial charge < -0.3 is 0 Å². The zero-order chi connectivity index (χ0) is 8.27. The minimum Gasteiger partial charge on any atom is -0.285 e. The molecule has 0 saturated heterocycles. The maximum atomic E-state index is 11.0. The molecule has 0 saturated carbocycles. The van der Waals surface area contributed by atoms with E-state index in [1.54, 1.807) is 18.4 Å². The average molecular weight is 147 g/mol. The van der Waals surface area contributed by atoms with E-state index < -0.39 is 0 Å². The van der Waals surface area contributed by atoms with Crippen LogP contribution in [0, 0.1) is 0 Å². The molecule has 0 bridgehead atoms. The van der Waals surface area contributed by atoms with Crippen LogP contribution in [0.2, 0.25) is 0 Å². The number of allylic oxidation sites excluding steroid dienone is 3. The number of hydrogen-bond acceptors (Lipinski definition) is 1. The summed E-state index contributed by atoms with van der Waals surface area (Å²) in [5, 5.41) is 0. The van der Waals surface area contributed by atoms with Crippen LogP contribution in [0.15, 0.2) is 49.4 Å². The Morgan fingerprint density at radius 2 is 2.27 bits per heavy atom. The zero-order valence-corrected chi connectivity index (χ0v) is 6.16. The van der Waals surface area contributed by atoms with Crippen molar-refractivity contribution in [2.45, 2.75) is 0 Å². The van der Waals surface area contributed by atoms with E-state index in [0.717, 1.165) is 0 Å². The van der Waals surface area contributed by atoms with Crippen LogP contribution in [0.25, 0.3) is 0 Å². The fourth-order valence-electron chi connectivity index (χ4n) is 0.792. The van der Waals surface area contributed by atoms with Crippen LogP contribution in [0.5, 0.6) is 0 Å². The van der Waals surface area contributed by atoms with Gasteiger partial charge in [0.15, 0.2) is 0 Å². The van der Waals surface area contributed by atoms with Crippen LogP contribution in [-0.4, -0.2) is 10.8 Å². The number of hydrogen-bond donors (Lipinski definition) is 0. The molecule has 0 aliphatic carbocycles. The quantitative estimate of drug-likeness (QED) is 0.516. The molecule has 11 heavy (non-hydrogen) atoms. The van der Waals surface area contributed by atoms with Crippen molar-refractivity contribution in [1.82, 2.24) is 4.90 Å². The number of nitrogens with zero attached hydrogens (tertiary/aromatic N) is 1. The van der Waals surface area contributed by atoms with E-state index in [9.17, 15) is 4.79 Å². The van der Waals surface area contributed by atoms with Crippen molar-refractivity contribution < 1.29 is 4.79 Å². The van der Waals surface area contributed by atoms with Crippen molar-refractivity contribution in [3.8, 4) is 0 Å². The minimum atomic E-state index is -0.157. The Morgan fingerprint density at radius 1 is 1.55 bits per heavy atom. The van der Waals surface area contributed by atoms with Gasteiger partial charge in [-0.15, -0.1) is 0 Å². The molecule has 0 aromatic rings. The summed E-state index contributed by atoms with van der Waals surface area (Å²) >= 11 is 0. The SMILES string of the molecule is C=CC(=O)N1C=CC=CC1=C. The van der Waals surface area contributed by atoms with Crippen molar-refractivity contribution in [3.05, 3.63) is 49.4 Å². The molecule has 0 N–H and O–H groups in total. The predicted molar refractivity (Wildman–Crippen MR) is 44.5 cm³/mol. The van der Waals surface area contributed by atoms with Crippen LogP contribution in [-0.2, 0) is 4.79 Å². The molecule has 0 aromatic heterocycles. The summed E-state index contributed by atoms with van der Waals surface area (Å²) in [5.74, 6) is -0.157. The normalized spacial score (nSPS) is 15.3. The molecule has 0 unspecified atom stereocenters. The topological polar surface area (TPSA) is 20.3 Å². The van der Waals surface area contributed by atoms with Crippen LogP contribution in [0.3, 0.4) is 0 Å². The van der Waals surface area contributed by atoms with Gasteiger partial charge in [-0.2, -0.15) is 0 Å². The van der Waals surface area contributed by atoms with Crippen LogP contribution >= 0.6 is 0 Å². The molecule has 1 rings (SSSR count). The third kappa shape index (κ3) is 1.46. The monoisotopic (exact) mass is 147 g/mol. The van der Waals surface area contributed by atoms with Crippen molar-refractivity contribution in [2.75, 3.05) is 0 Å². The lowest BCUT2D eigenvalue weighted by Gasteiger charge is -2.18. The molecule has 56 valence electrons. The molecular formula is C9H9NO. The Bertz CT molecular complexity index is 253. The van der Waals surface area contributed by atoms with E-state index in [0.29, 0.717) is 5.70 Å². The summed E-state index contributed by atoms with van der Waals surface area (Å²) in [4.78, 5) is 12.5. The molecule has 0 atom stereocenters. The lowest BCUT2D eigenvalue weighted by molar-refractivity contribution is -0.121. The number of carbonyl (C=O) groups is 1. The van der Waals surface area contributed by atoms with Crippen LogP contribution in [0.1, 0.15) is 0 Å². The van der Waals surface area contributed by atoms with Gasteiger partial charge in [-0.05, 0) is 18.2 Å². The first-order chi connectivity index (χ1) is 5.25. The second kappa shape index (κ2) is 3.01. The molecule has 0 aromatic carbocycles. The minimum absolute atomic E-state index is 0.157. The van der Waals surface area contributed by atoms with Gasteiger partial charge in [-0.1, -0.05) is 19.2 Å². The highest BCUT2D eigenvalue weighted by atomic mass is 16.2. The van der Waals surface area contributed by atoms with Gasteiger partial charge in [-0.3, -0.25) is 9.69 Å². The Labute approximate surface area is 65.8 Å². The third-order valence-corrected chi connectivity index (χ3v) is 1.36. The van der Waals surface area contributed by atoms with Gasteiger partial charge in [0.25, 0.3) is 5.91 Å². The zero-order valence-electron chi connectivity index (χ0n) is 6.16. The first kappa shape index (κ1) is 7.54. The standard InChI is InChI=1S/C9H9NO/c1-3-9(11)10-7-5-4-6-8(10)2/h3-7H,1-2H2. The van der Waals surface area contributed by atoms with E-state index >= 15 is 0 Å². The Morgan fingerprint density at radius 3 is 2.82 bits per heavy atom. The summed E-state index contributed by atoms with van der Waals surface area (Å²) in [6.07, 6.45) is 8.29. The predicted octanol–water partition coefficient (Wildman–Crippen LogP) is 1.60. The van der Waals surface area contributed by atoms with Gasteiger partial charge in [0.05, 0.1) is 0 Å². The van der Waals surface area contributed by atoms with Gasteiger partial charge >= 0.3 is 0 Å². The van der Waals surface area contributed by atoms with E-state index in [1.807, 2.05) is 6.08 Å². The summed E-state index contributed by atoms with van der Waals surface area (Å²) in [6, 6.07) is 0. The van der Waals surface area contributed by atoms with Gasteiger partial charge in [-0.25, -0.2) is 0 Å². The highest BCUT2D eigenvalue weighted by Gasteiger charge is 2.09. The first-order valence-electron chi connectivity index (χ1n) is 3.25. The third-order valence-electron chi connectivity index (χ3n) is 1.36. The van der Waals surface area contributed by atoms with Crippen molar-refractivity contribution in [1.29, 1.82) is 0 Å². The van der Waals surface area contributed by atoms with Crippen molar-refractivity contribution in [3.63, 3.8) is 0 Å². The maximum absolute atomic E-state index is 11.0. The van der Waals surface area contributed by atoms with E-state index in [2.05, 4.69) is 13.2 Å². The Kier molecular flexibility index (Phi) is 2.06. The van der Waals surface area contributed by atoms with Gasteiger partial charge in [0.1, 0.15) is 0 Å². The Hall–Kier alpha value is -1.57. The fraction of sp³-hybridized carbons (Fsp3) is 0. The Balaban J connectivity index is 2.81. The summed E-state index contributed by atoms with van der Waals surface area (Å²) < 4.78 is 0. The first-order valence-corrected chi connectivity index (χ1v) is 3.25. The van der Waals surface area contributed by atoms with Gasteiger partial charge in [0, 0.05) is 11.9 Å². The maximum Gasteiger partial charge on any atom is 0.254 e. The van der Waals surface area contributed by atoms with Gasteiger partial charge in [0.2, 0.25) is 0 Å². The number of rotatable bonds is 1. The molecule has 0 radical (unpaired) electrons. The molecule has 0 fully saturated rings. The molecule has 1 heterocycles. The fourth-order valence-corrected chi connectivity index (χ4v) is 0.792. The molecule has 1 aliphatic rings. The lowest BCUT2D eigenvalue weighted by Crippen LogP contribution is -2.22. The number of carbonyl (C=O) groups excluding carboxylic acids is 1. The molecule has 1 amide bonds. The highest BCUT2D eigenvalue weighted by molar-refractivity contribution is 5.89. The molecule has 1 aliphatic heterocycles. The molecule has 0 spiro atoms. The average Bonchev–Trinajstić information content (AvgIpc) is 2.04. The second-order valence-electron chi connectivity index (χ2n) is 2.10. The summed E-state index contributed by atoms with van der Waals surface area (Å²) in [5.41, 5.74) is 0.664. The smallest absolute Gasteiger partial charge is 0.254 e. The lowest BCUT2D eigenvalue weighted by atomic mass is 10.3. The summed E-state index contributed by atoms with van der Waals surface area (Å²) in [7, 11) is 0. The largest absolute Gasteiger partial charge is 0.285 e. The summed E-state index contributed by atoms with van der Waals surface area (Å²) in [6.45, 7) is 7.06. The number of amides is 1. The van der Waals surface area contributed by atoms with E-state index in [-0.39, 0.29) is 5.91 Å². The van der Waals surface area contributed by atoms with E-state index in [1.165, 1.54) is 11.0 Å². The highest BCUT2D eigenvalue weighted by Crippen LogP contribution is 2.09.